The Morgan fingerprint density at radius 1 is 1.12 bits per heavy atom. The van der Waals surface area contributed by atoms with E-state index >= 15 is 0 Å². The summed E-state index contributed by atoms with van der Waals surface area (Å²) in [5.74, 6) is -3.47. The third-order valence-corrected chi connectivity index (χ3v) is 1.96. The first-order valence-corrected chi connectivity index (χ1v) is 4.30. The molecule has 0 aliphatic heterocycles. The minimum atomic E-state index is -1.39. The van der Waals surface area contributed by atoms with E-state index in [1.807, 2.05) is 0 Å². The van der Waals surface area contributed by atoms with Crippen LogP contribution in [0.25, 0.3) is 0 Å². The summed E-state index contributed by atoms with van der Waals surface area (Å²) in [7, 11) is 0. The van der Waals surface area contributed by atoms with Crippen molar-refractivity contribution in [3.8, 4) is 0 Å². The van der Waals surface area contributed by atoms with Crippen LogP contribution in [0.4, 0.5) is 0 Å². The Hall–Kier alpha value is -2.37. The molecule has 0 heterocycles. The number of carboxylic acid groups (broad SMARTS) is 2. The number of carbonyl (C=O) groups is 3. The zero-order chi connectivity index (χ0) is 12.3. The lowest BCUT2D eigenvalue weighted by molar-refractivity contribution is -0.117. The first-order valence-electron chi connectivity index (χ1n) is 4.30. The van der Waals surface area contributed by atoms with E-state index in [-0.39, 0.29) is 17.5 Å². The highest BCUT2D eigenvalue weighted by molar-refractivity contribution is 6.03. The van der Waals surface area contributed by atoms with Crippen molar-refractivity contribution in [3.63, 3.8) is 0 Å². The third-order valence-electron chi connectivity index (χ3n) is 1.96. The maximum Gasteiger partial charge on any atom is 0.336 e. The Balaban J connectivity index is 3.38. The number of benzene rings is 1. The van der Waals surface area contributed by atoms with Gasteiger partial charge in [0.2, 0.25) is 5.91 Å². The Bertz CT molecular complexity index is 466. The molecule has 0 atom stereocenters. The summed E-state index contributed by atoms with van der Waals surface area (Å²) in [4.78, 5) is 32.4. The molecule has 0 aromatic heterocycles. The number of carboxylic acids is 2. The van der Waals surface area contributed by atoms with Crippen molar-refractivity contribution in [1.29, 1.82) is 0 Å². The van der Waals surface area contributed by atoms with Crippen LogP contribution in [0.15, 0.2) is 18.2 Å². The maximum absolute atomic E-state index is 10.9. The van der Waals surface area contributed by atoms with E-state index in [9.17, 15) is 14.4 Å². The Morgan fingerprint density at radius 3 is 2.19 bits per heavy atom. The Kier molecular flexibility index (Phi) is 3.24. The second-order valence-corrected chi connectivity index (χ2v) is 3.09. The lowest BCUT2D eigenvalue weighted by atomic mass is 9.98. The summed E-state index contributed by atoms with van der Waals surface area (Å²) >= 11 is 0. The van der Waals surface area contributed by atoms with Crippen LogP contribution >= 0.6 is 0 Å². The van der Waals surface area contributed by atoms with Gasteiger partial charge in [0.15, 0.2) is 0 Å². The number of hydrogen-bond acceptors (Lipinski definition) is 3. The second-order valence-electron chi connectivity index (χ2n) is 3.09. The van der Waals surface area contributed by atoms with Crippen molar-refractivity contribution in [3.05, 3.63) is 34.9 Å². The van der Waals surface area contributed by atoms with Crippen molar-refractivity contribution in [2.75, 3.05) is 0 Å². The largest absolute Gasteiger partial charge is 0.478 e. The van der Waals surface area contributed by atoms with Gasteiger partial charge in [-0.15, -0.1) is 0 Å². The molecule has 16 heavy (non-hydrogen) atoms. The van der Waals surface area contributed by atoms with Gasteiger partial charge in [0.25, 0.3) is 0 Å². The molecule has 0 aliphatic rings. The Morgan fingerprint density at radius 2 is 1.75 bits per heavy atom. The fraction of sp³-hybridized carbons (Fsp3) is 0.100. The molecule has 1 amide bonds. The van der Waals surface area contributed by atoms with Crippen LogP contribution in [0.5, 0.6) is 0 Å². The molecule has 6 nitrogen and oxygen atoms in total. The average Bonchev–Trinajstić information content (AvgIpc) is 2.15. The van der Waals surface area contributed by atoms with Gasteiger partial charge in [0.05, 0.1) is 17.5 Å². The second kappa shape index (κ2) is 4.43. The molecular weight excluding hydrogens is 214 g/mol. The Labute approximate surface area is 90.3 Å². The molecule has 0 aliphatic carbocycles. The van der Waals surface area contributed by atoms with E-state index in [0.29, 0.717) is 0 Å². The first-order chi connectivity index (χ1) is 7.43. The van der Waals surface area contributed by atoms with Crippen molar-refractivity contribution in [2.24, 2.45) is 5.73 Å². The van der Waals surface area contributed by atoms with Crippen molar-refractivity contribution in [2.45, 2.75) is 6.42 Å². The van der Waals surface area contributed by atoms with Crippen LogP contribution in [-0.2, 0) is 11.2 Å². The lowest BCUT2D eigenvalue weighted by Crippen LogP contribution is -2.18. The van der Waals surface area contributed by atoms with Gasteiger partial charge < -0.3 is 15.9 Å². The van der Waals surface area contributed by atoms with Crippen molar-refractivity contribution >= 4 is 17.8 Å². The summed E-state index contributed by atoms with van der Waals surface area (Å²) in [5, 5.41) is 17.7. The van der Waals surface area contributed by atoms with Crippen LogP contribution < -0.4 is 5.73 Å². The van der Waals surface area contributed by atoms with Crippen LogP contribution in [0, 0.1) is 0 Å². The molecule has 1 aromatic rings. The molecule has 1 aromatic carbocycles. The van der Waals surface area contributed by atoms with E-state index in [4.69, 9.17) is 15.9 Å². The summed E-state index contributed by atoms with van der Waals surface area (Å²) in [5.41, 5.74) is 4.29. The van der Waals surface area contributed by atoms with Gasteiger partial charge in [-0.3, -0.25) is 4.79 Å². The molecule has 0 unspecified atom stereocenters. The summed E-state index contributed by atoms with van der Waals surface area (Å²) in [6.07, 6.45) is -0.303. The highest BCUT2D eigenvalue weighted by atomic mass is 16.4. The minimum absolute atomic E-state index is 0.0971. The van der Waals surface area contributed by atoms with Gasteiger partial charge in [-0.25, -0.2) is 9.59 Å². The maximum atomic E-state index is 10.9. The fourth-order valence-corrected chi connectivity index (χ4v) is 1.37. The molecule has 0 bridgehead atoms. The standard InChI is InChI=1S/C10H9NO5/c11-7(12)4-5-2-1-3-6(9(13)14)8(5)10(15)16/h1-3H,4H2,(H2,11,12)(H,13,14)(H,15,16). The number of hydrogen-bond donors (Lipinski definition) is 3. The number of primary amides is 1. The molecule has 0 fully saturated rings. The number of rotatable bonds is 4. The summed E-state index contributed by atoms with van der Waals surface area (Å²) < 4.78 is 0. The molecule has 0 radical (unpaired) electrons. The number of nitrogens with two attached hydrogens (primary N) is 1. The molecule has 0 saturated heterocycles. The number of carbonyl (C=O) groups excluding carboxylic acids is 1. The predicted octanol–water partition coefficient (Wildman–Crippen LogP) is 0.111. The molecule has 1 rings (SSSR count). The predicted molar refractivity (Wildman–Crippen MR) is 53.3 cm³/mol. The summed E-state index contributed by atoms with van der Waals surface area (Å²) in [6, 6.07) is 3.89. The topological polar surface area (TPSA) is 118 Å². The third kappa shape index (κ3) is 2.35. The molecule has 6 heteroatoms. The highest BCUT2D eigenvalue weighted by Gasteiger charge is 2.20. The fourth-order valence-electron chi connectivity index (χ4n) is 1.37. The number of aromatic carboxylic acids is 2. The monoisotopic (exact) mass is 223 g/mol. The quantitative estimate of drug-likeness (QED) is 0.669. The zero-order valence-electron chi connectivity index (χ0n) is 8.14. The summed E-state index contributed by atoms with van der Waals surface area (Å²) in [6.45, 7) is 0. The van der Waals surface area contributed by atoms with Crippen LogP contribution in [0.1, 0.15) is 26.3 Å². The van der Waals surface area contributed by atoms with Gasteiger partial charge >= 0.3 is 11.9 Å². The SMILES string of the molecule is NC(=O)Cc1cccc(C(=O)O)c1C(=O)O. The van der Waals surface area contributed by atoms with Gasteiger partial charge in [-0.05, 0) is 11.6 Å². The molecule has 4 N–H and O–H groups in total. The molecular formula is C10H9NO5. The van der Waals surface area contributed by atoms with E-state index < -0.39 is 23.4 Å². The lowest BCUT2D eigenvalue weighted by Gasteiger charge is -2.06. The van der Waals surface area contributed by atoms with Gasteiger partial charge in [0.1, 0.15) is 0 Å². The van der Waals surface area contributed by atoms with Gasteiger partial charge in [-0.2, -0.15) is 0 Å². The van der Waals surface area contributed by atoms with E-state index in [1.165, 1.54) is 12.1 Å². The van der Waals surface area contributed by atoms with E-state index in [1.54, 1.807) is 0 Å². The average molecular weight is 223 g/mol. The normalized spacial score (nSPS) is 9.75. The van der Waals surface area contributed by atoms with Crippen LogP contribution in [-0.4, -0.2) is 28.1 Å². The van der Waals surface area contributed by atoms with E-state index in [2.05, 4.69) is 0 Å². The molecule has 0 spiro atoms. The minimum Gasteiger partial charge on any atom is -0.478 e. The van der Waals surface area contributed by atoms with Crippen molar-refractivity contribution in [1.82, 2.24) is 0 Å². The highest BCUT2D eigenvalue weighted by Crippen LogP contribution is 2.15. The molecule has 0 saturated carbocycles. The number of amides is 1. The zero-order valence-corrected chi connectivity index (χ0v) is 8.14. The van der Waals surface area contributed by atoms with E-state index in [0.717, 1.165) is 6.07 Å². The smallest absolute Gasteiger partial charge is 0.336 e. The van der Waals surface area contributed by atoms with Gasteiger partial charge in [0, 0.05) is 0 Å². The molecule has 84 valence electrons. The first kappa shape index (κ1) is 11.7. The van der Waals surface area contributed by atoms with Crippen LogP contribution in [0.2, 0.25) is 0 Å². The van der Waals surface area contributed by atoms with Crippen molar-refractivity contribution < 1.29 is 24.6 Å². The van der Waals surface area contributed by atoms with Gasteiger partial charge in [-0.1, -0.05) is 12.1 Å². The van der Waals surface area contributed by atoms with Crippen LogP contribution in [0.3, 0.4) is 0 Å².